The quantitative estimate of drug-likeness (QED) is 0.337. The molecular formula is C32H35N5O. The number of carbonyl (C=O) groups is 1. The van der Waals surface area contributed by atoms with Gasteiger partial charge in [0.05, 0.1) is 17.2 Å². The van der Waals surface area contributed by atoms with Crippen LogP contribution in [0.25, 0.3) is 11.0 Å². The van der Waals surface area contributed by atoms with E-state index in [0.29, 0.717) is 11.7 Å². The monoisotopic (exact) mass is 505 g/mol. The van der Waals surface area contributed by atoms with Crippen LogP contribution < -0.4 is 4.90 Å². The van der Waals surface area contributed by atoms with Crippen LogP contribution in [-0.4, -0.2) is 63.4 Å². The van der Waals surface area contributed by atoms with Crippen molar-refractivity contribution in [3.05, 3.63) is 96.8 Å². The first kappa shape index (κ1) is 24.6. The zero-order chi connectivity index (χ0) is 26.0. The van der Waals surface area contributed by atoms with Gasteiger partial charge < -0.3 is 9.80 Å². The number of piperidine rings is 2. The molecule has 2 saturated heterocycles. The van der Waals surface area contributed by atoms with Gasteiger partial charge in [0.15, 0.2) is 0 Å². The van der Waals surface area contributed by atoms with E-state index >= 15 is 0 Å². The summed E-state index contributed by atoms with van der Waals surface area (Å²) < 4.78 is 0. The van der Waals surface area contributed by atoms with Gasteiger partial charge in [-0.05, 0) is 69.0 Å². The maximum absolute atomic E-state index is 13.2. The Morgan fingerprint density at radius 3 is 1.95 bits per heavy atom. The molecule has 38 heavy (non-hydrogen) atoms. The minimum absolute atomic E-state index is 0.00891. The molecule has 4 aromatic rings. The number of anilines is 2. The number of likely N-dealkylation sites (tertiary alicyclic amines) is 2. The Hall–Kier alpha value is -3.77. The van der Waals surface area contributed by atoms with Gasteiger partial charge in [0.25, 0.3) is 5.91 Å². The molecule has 0 N–H and O–H groups in total. The van der Waals surface area contributed by atoms with E-state index in [-0.39, 0.29) is 11.4 Å². The van der Waals surface area contributed by atoms with Gasteiger partial charge in [0, 0.05) is 49.1 Å². The molecule has 1 amide bonds. The number of hydrogen-bond donors (Lipinski definition) is 0. The lowest BCUT2D eigenvalue weighted by atomic mass is 9.85. The fourth-order valence-corrected chi connectivity index (χ4v) is 6.14. The van der Waals surface area contributed by atoms with E-state index in [4.69, 9.17) is 0 Å². The molecule has 194 valence electrons. The molecule has 0 spiro atoms. The van der Waals surface area contributed by atoms with Crippen molar-refractivity contribution in [2.45, 2.75) is 44.2 Å². The summed E-state index contributed by atoms with van der Waals surface area (Å²) in [5.74, 6) is -0.00891. The van der Waals surface area contributed by atoms with Crippen molar-refractivity contribution in [1.82, 2.24) is 19.8 Å². The normalized spacial score (nSPS) is 18.4. The summed E-state index contributed by atoms with van der Waals surface area (Å²) in [5, 5.41) is 0. The van der Waals surface area contributed by atoms with Crippen molar-refractivity contribution in [3.8, 4) is 0 Å². The summed E-state index contributed by atoms with van der Waals surface area (Å²) in [6.45, 7) is 6.04. The Kier molecular flexibility index (Phi) is 6.81. The highest BCUT2D eigenvalue weighted by atomic mass is 16.2. The molecule has 2 aliphatic rings. The average Bonchev–Trinajstić information content (AvgIpc) is 2.98. The van der Waals surface area contributed by atoms with Crippen LogP contribution in [0.15, 0.2) is 91.1 Å². The highest BCUT2D eigenvalue weighted by Gasteiger charge is 2.39. The highest BCUT2D eigenvalue weighted by molar-refractivity contribution is 5.93. The maximum atomic E-state index is 13.2. The second-order valence-corrected chi connectivity index (χ2v) is 10.8. The van der Waals surface area contributed by atoms with E-state index in [1.165, 1.54) is 11.4 Å². The fraction of sp³-hybridized carbons (Fsp3) is 0.344. The molecule has 6 heteroatoms. The van der Waals surface area contributed by atoms with Gasteiger partial charge in [-0.3, -0.25) is 14.7 Å². The van der Waals surface area contributed by atoms with Crippen LogP contribution in [-0.2, 0) is 0 Å². The average molecular weight is 506 g/mol. The largest absolute Gasteiger partial charge is 0.338 e. The minimum atomic E-state index is -0.00891. The molecule has 3 aromatic carbocycles. The molecule has 0 atom stereocenters. The Bertz CT molecular complexity index is 1340. The predicted molar refractivity (Wildman–Crippen MR) is 153 cm³/mol. The lowest BCUT2D eigenvalue weighted by Gasteiger charge is -2.50. The van der Waals surface area contributed by atoms with Gasteiger partial charge >= 0.3 is 0 Å². The summed E-state index contributed by atoms with van der Waals surface area (Å²) in [7, 11) is 0. The predicted octanol–water partition coefficient (Wildman–Crippen LogP) is 5.93. The minimum Gasteiger partial charge on any atom is -0.338 e. The smallest absolute Gasteiger partial charge is 0.274 e. The lowest BCUT2D eigenvalue weighted by Crippen LogP contribution is -2.57. The number of aromatic nitrogens is 2. The molecule has 0 radical (unpaired) electrons. The van der Waals surface area contributed by atoms with Gasteiger partial charge in [-0.1, -0.05) is 48.5 Å². The molecule has 0 saturated carbocycles. The van der Waals surface area contributed by atoms with Gasteiger partial charge in [-0.25, -0.2) is 4.98 Å². The number of carbonyl (C=O) groups excluding carboxylic acids is 1. The third-order valence-corrected chi connectivity index (χ3v) is 8.46. The van der Waals surface area contributed by atoms with Crippen LogP contribution in [0.3, 0.4) is 0 Å². The van der Waals surface area contributed by atoms with Crippen LogP contribution in [0.2, 0.25) is 0 Å². The molecule has 1 aromatic heterocycles. The number of nitrogens with zero attached hydrogens (tertiary/aromatic N) is 5. The Labute approximate surface area is 224 Å². The standard InChI is InChI=1S/C32H35N5O/c1-32(18-22-35(23-19-32)31(38)30-24-33-28-14-8-9-15-29(28)34-30)36-20-16-27(17-21-36)37(25-10-4-2-5-11-25)26-12-6-3-7-13-26/h2-15,24,27H,16-23H2,1H3. The second kappa shape index (κ2) is 10.5. The molecule has 3 heterocycles. The molecule has 2 aliphatic heterocycles. The number of hydrogen-bond acceptors (Lipinski definition) is 5. The molecule has 0 aliphatic carbocycles. The maximum Gasteiger partial charge on any atom is 0.274 e. The van der Waals surface area contributed by atoms with Crippen molar-refractivity contribution < 1.29 is 4.79 Å². The Morgan fingerprint density at radius 1 is 0.789 bits per heavy atom. The van der Waals surface area contributed by atoms with Crippen molar-refractivity contribution >= 4 is 28.3 Å². The molecule has 6 nitrogen and oxygen atoms in total. The van der Waals surface area contributed by atoms with Gasteiger partial charge in [0.1, 0.15) is 5.69 Å². The summed E-state index contributed by atoms with van der Waals surface area (Å²) in [6.07, 6.45) is 5.81. The van der Waals surface area contributed by atoms with Crippen molar-refractivity contribution in [2.24, 2.45) is 0 Å². The zero-order valence-corrected chi connectivity index (χ0v) is 22.0. The van der Waals surface area contributed by atoms with E-state index < -0.39 is 0 Å². The van der Waals surface area contributed by atoms with Crippen molar-refractivity contribution in [3.63, 3.8) is 0 Å². The van der Waals surface area contributed by atoms with Crippen LogP contribution in [0.1, 0.15) is 43.1 Å². The fourth-order valence-electron chi connectivity index (χ4n) is 6.14. The van der Waals surface area contributed by atoms with E-state index in [2.05, 4.69) is 87.4 Å². The molecule has 2 fully saturated rings. The summed E-state index contributed by atoms with van der Waals surface area (Å²) in [6, 6.07) is 29.7. The number of para-hydroxylation sites is 4. The van der Waals surface area contributed by atoms with E-state index in [0.717, 1.165) is 62.9 Å². The summed E-state index contributed by atoms with van der Waals surface area (Å²) >= 11 is 0. The van der Waals surface area contributed by atoms with Crippen molar-refractivity contribution in [1.29, 1.82) is 0 Å². The van der Waals surface area contributed by atoms with E-state index in [1.807, 2.05) is 29.2 Å². The van der Waals surface area contributed by atoms with Gasteiger partial charge in [-0.15, -0.1) is 0 Å². The van der Waals surface area contributed by atoms with Gasteiger partial charge in [-0.2, -0.15) is 0 Å². The molecule has 6 rings (SSSR count). The molecular weight excluding hydrogens is 470 g/mol. The van der Waals surface area contributed by atoms with Gasteiger partial charge in [0.2, 0.25) is 0 Å². The van der Waals surface area contributed by atoms with E-state index in [1.54, 1.807) is 6.20 Å². The van der Waals surface area contributed by atoms with Crippen LogP contribution in [0, 0.1) is 0 Å². The van der Waals surface area contributed by atoms with Crippen LogP contribution >= 0.6 is 0 Å². The van der Waals surface area contributed by atoms with E-state index in [9.17, 15) is 4.79 Å². The SMILES string of the molecule is CC1(N2CCC(N(c3ccccc3)c3ccccc3)CC2)CCN(C(=O)c2cnc3ccccc3n2)CC1. The van der Waals surface area contributed by atoms with Crippen LogP contribution in [0.4, 0.5) is 11.4 Å². The third kappa shape index (κ3) is 4.88. The topological polar surface area (TPSA) is 52.6 Å². The summed E-state index contributed by atoms with van der Waals surface area (Å²) in [5.41, 5.74) is 4.65. The van der Waals surface area contributed by atoms with Crippen LogP contribution in [0.5, 0.6) is 0 Å². The number of amides is 1. The summed E-state index contributed by atoms with van der Waals surface area (Å²) in [4.78, 5) is 29.4. The Balaban J connectivity index is 1.10. The molecule has 0 bridgehead atoms. The first-order chi connectivity index (χ1) is 18.6. The third-order valence-electron chi connectivity index (χ3n) is 8.46. The Morgan fingerprint density at radius 2 is 1.34 bits per heavy atom. The number of fused-ring (bicyclic) bond motifs is 1. The highest BCUT2D eigenvalue weighted by Crippen LogP contribution is 2.36. The first-order valence-electron chi connectivity index (χ1n) is 13.8. The van der Waals surface area contributed by atoms with Crippen molar-refractivity contribution in [2.75, 3.05) is 31.1 Å². The molecule has 0 unspecified atom stereocenters. The second-order valence-electron chi connectivity index (χ2n) is 10.8. The zero-order valence-electron chi connectivity index (χ0n) is 22.0. The lowest BCUT2D eigenvalue weighted by molar-refractivity contribution is 0.0175. The number of benzene rings is 3. The first-order valence-corrected chi connectivity index (χ1v) is 13.8. The number of rotatable bonds is 5.